The molecule has 2 unspecified atom stereocenters. The summed E-state index contributed by atoms with van der Waals surface area (Å²) >= 11 is 0. The molecular weight excluding hydrogens is 364 g/mol. The summed E-state index contributed by atoms with van der Waals surface area (Å²) in [4.78, 5) is 27.2. The van der Waals surface area contributed by atoms with Crippen LogP contribution in [0.5, 0.6) is 0 Å². The standard InChI is InChI=1S/C20H20N2O4S/c1-13-12-27(25,26)22(19(13)23)17-8-5-7-16(11-17)20(24)21-14(2)10-15-6-3-4-9-18(15)21/h3-9,11,13-14H,10,12H2,1-2H3. The van der Waals surface area contributed by atoms with Crippen molar-refractivity contribution in [3.8, 4) is 0 Å². The van der Waals surface area contributed by atoms with Crippen molar-refractivity contribution >= 4 is 33.2 Å². The molecule has 0 aromatic heterocycles. The lowest BCUT2D eigenvalue weighted by Crippen LogP contribution is -2.36. The Balaban J connectivity index is 1.72. The Morgan fingerprint density at radius 3 is 2.52 bits per heavy atom. The molecule has 0 saturated carbocycles. The van der Waals surface area contributed by atoms with Crippen LogP contribution in [-0.4, -0.2) is 32.0 Å². The molecule has 1 saturated heterocycles. The molecule has 2 aromatic carbocycles. The van der Waals surface area contributed by atoms with Crippen molar-refractivity contribution in [2.75, 3.05) is 15.0 Å². The maximum atomic E-state index is 13.2. The minimum absolute atomic E-state index is 0.00993. The van der Waals surface area contributed by atoms with Crippen molar-refractivity contribution in [3.05, 3.63) is 59.7 Å². The quantitative estimate of drug-likeness (QED) is 0.798. The van der Waals surface area contributed by atoms with Gasteiger partial charge in [-0.2, -0.15) is 0 Å². The number of hydrogen-bond donors (Lipinski definition) is 0. The van der Waals surface area contributed by atoms with Crippen molar-refractivity contribution in [2.45, 2.75) is 26.3 Å². The Bertz CT molecular complexity index is 1050. The molecular formula is C20H20N2O4S. The van der Waals surface area contributed by atoms with Gasteiger partial charge in [0.25, 0.3) is 5.91 Å². The number of sulfonamides is 1. The first-order valence-electron chi connectivity index (χ1n) is 8.88. The highest BCUT2D eigenvalue weighted by Crippen LogP contribution is 2.34. The first-order chi connectivity index (χ1) is 12.8. The zero-order valence-electron chi connectivity index (χ0n) is 15.1. The fourth-order valence-electron chi connectivity index (χ4n) is 3.87. The third-order valence-electron chi connectivity index (χ3n) is 5.11. The van der Waals surface area contributed by atoms with Crippen LogP contribution >= 0.6 is 0 Å². The van der Waals surface area contributed by atoms with Crippen LogP contribution in [0.15, 0.2) is 48.5 Å². The summed E-state index contributed by atoms with van der Waals surface area (Å²) in [6.07, 6.45) is 0.776. The Hall–Kier alpha value is -2.67. The molecule has 0 aliphatic carbocycles. The predicted octanol–water partition coefficient (Wildman–Crippen LogP) is 2.59. The zero-order chi connectivity index (χ0) is 19.3. The number of benzene rings is 2. The molecule has 2 heterocycles. The monoisotopic (exact) mass is 384 g/mol. The number of nitrogens with zero attached hydrogens (tertiary/aromatic N) is 2. The fourth-order valence-corrected chi connectivity index (χ4v) is 5.68. The van der Waals surface area contributed by atoms with Crippen molar-refractivity contribution in [2.24, 2.45) is 5.92 Å². The lowest BCUT2D eigenvalue weighted by atomic mass is 10.1. The number of carbonyl (C=O) groups is 2. The molecule has 140 valence electrons. The van der Waals surface area contributed by atoms with Gasteiger partial charge in [-0.15, -0.1) is 0 Å². The lowest BCUT2D eigenvalue weighted by Gasteiger charge is -2.23. The molecule has 2 aliphatic rings. The highest BCUT2D eigenvalue weighted by Gasteiger charge is 2.42. The largest absolute Gasteiger partial charge is 0.305 e. The normalized spacial score (nSPS) is 23.6. The molecule has 0 spiro atoms. The van der Waals surface area contributed by atoms with Gasteiger partial charge in [0, 0.05) is 17.3 Å². The first-order valence-corrected chi connectivity index (χ1v) is 10.5. The van der Waals surface area contributed by atoms with E-state index in [2.05, 4.69) is 0 Å². The topological polar surface area (TPSA) is 74.8 Å². The second-order valence-electron chi connectivity index (χ2n) is 7.19. The Kier molecular flexibility index (Phi) is 4.07. The van der Waals surface area contributed by atoms with E-state index < -0.39 is 21.8 Å². The number of anilines is 2. The van der Waals surface area contributed by atoms with Crippen molar-refractivity contribution in [3.63, 3.8) is 0 Å². The molecule has 0 N–H and O–H groups in total. The van der Waals surface area contributed by atoms with Crippen molar-refractivity contribution < 1.29 is 18.0 Å². The Morgan fingerprint density at radius 1 is 1.07 bits per heavy atom. The van der Waals surface area contributed by atoms with E-state index in [-0.39, 0.29) is 23.4 Å². The second kappa shape index (κ2) is 6.20. The average molecular weight is 384 g/mol. The molecule has 6 nitrogen and oxygen atoms in total. The molecule has 2 aromatic rings. The number of rotatable bonds is 2. The maximum absolute atomic E-state index is 13.2. The van der Waals surface area contributed by atoms with Gasteiger partial charge in [0.15, 0.2) is 0 Å². The number of hydrogen-bond acceptors (Lipinski definition) is 4. The van der Waals surface area contributed by atoms with Crippen LogP contribution < -0.4 is 9.21 Å². The highest BCUT2D eigenvalue weighted by molar-refractivity contribution is 7.94. The number of carbonyl (C=O) groups excluding carboxylic acids is 2. The van der Waals surface area contributed by atoms with Gasteiger partial charge in [-0.3, -0.25) is 9.59 Å². The molecule has 4 rings (SSSR count). The van der Waals surface area contributed by atoms with Crippen LogP contribution in [0.3, 0.4) is 0 Å². The smallest absolute Gasteiger partial charge is 0.258 e. The van der Waals surface area contributed by atoms with Gasteiger partial charge in [-0.25, -0.2) is 12.7 Å². The molecule has 2 aliphatic heterocycles. The highest BCUT2D eigenvalue weighted by atomic mass is 32.2. The van der Waals surface area contributed by atoms with Gasteiger partial charge in [0.1, 0.15) is 0 Å². The van der Waals surface area contributed by atoms with E-state index in [1.165, 1.54) is 6.07 Å². The summed E-state index contributed by atoms with van der Waals surface area (Å²) in [7, 11) is -3.70. The fraction of sp³-hybridized carbons (Fsp3) is 0.300. The number of para-hydroxylation sites is 1. The number of fused-ring (bicyclic) bond motifs is 1. The predicted molar refractivity (Wildman–Crippen MR) is 103 cm³/mol. The Morgan fingerprint density at radius 2 is 1.81 bits per heavy atom. The molecule has 0 radical (unpaired) electrons. The van der Waals surface area contributed by atoms with Crippen LogP contribution in [0.1, 0.15) is 29.8 Å². The zero-order valence-corrected chi connectivity index (χ0v) is 15.9. The van der Waals surface area contributed by atoms with E-state index in [1.807, 2.05) is 31.2 Å². The second-order valence-corrected chi connectivity index (χ2v) is 9.05. The third kappa shape index (κ3) is 2.82. The third-order valence-corrected chi connectivity index (χ3v) is 6.98. The summed E-state index contributed by atoms with van der Waals surface area (Å²) in [6, 6.07) is 14.1. The molecule has 2 atom stereocenters. The van der Waals surface area contributed by atoms with Crippen molar-refractivity contribution in [1.29, 1.82) is 0 Å². The molecule has 27 heavy (non-hydrogen) atoms. The van der Waals surface area contributed by atoms with E-state index in [4.69, 9.17) is 0 Å². The van der Waals surface area contributed by atoms with Crippen LogP contribution in [0, 0.1) is 5.92 Å². The Labute approximate surface area is 158 Å². The minimum Gasteiger partial charge on any atom is -0.305 e. The van der Waals surface area contributed by atoms with E-state index >= 15 is 0 Å². The first kappa shape index (κ1) is 17.7. The van der Waals surface area contributed by atoms with Crippen LogP contribution in [0.4, 0.5) is 11.4 Å². The van der Waals surface area contributed by atoms with E-state index in [0.29, 0.717) is 5.56 Å². The number of amides is 2. The van der Waals surface area contributed by atoms with Crippen molar-refractivity contribution in [1.82, 2.24) is 0 Å². The summed E-state index contributed by atoms with van der Waals surface area (Å²) < 4.78 is 25.5. The molecule has 2 amide bonds. The SMILES string of the molecule is CC1CS(=O)(=O)N(c2cccc(C(=O)N3c4ccccc4CC3C)c2)C1=O. The molecule has 0 bridgehead atoms. The summed E-state index contributed by atoms with van der Waals surface area (Å²) in [5.41, 5.74) is 2.56. The van der Waals surface area contributed by atoms with Gasteiger partial charge < -0.3 is 4.90 Å². The molecule has 7 heteroatoms. The van der Waals surface area contributed by atoms with Gasteiger partial charge in [0.05, 0.1) is 17.4 Å². The van der Waals surface area contributed by atoms with E-state index in [1.54, 1.807) is 30.0 Å². The van der Waals surface area contributed by atoms with E-state index in [9.17, 15) is 18.0 Å². The minimum atomic E-state index is -3.70. The van der Waals surface area contributed by atoms with E-state index in [0.717, 1.165) is 22.0 Å². The van der Waals surface area contributed by atoms with Gasteiger partial charge in [-0.05, 0) is 43.2 Å². The summed E-state index contributed by atoms with van der Waals surface area (Å²) in [5.74, 6) is -1.45. The van der Waals surface area contributed by atoms with Crippen LogP contribution in [0.2, 0.25) is 0 Å². The van der Waals surface area contributed by atoms with Gasteiger partial charge in [0.2, 0.25) is 15.9 Å². The maximum Gasteiger partial charge on any atom is 0.258 e. The molecule has 1 fully saturated rings. The van der Waals surface area contributed by atoms with Gasteiger partial charge in [-0.1, -0.05) is 31.2 Å². The summed E-state index contributed by atoms with van der Waals surface area (Å²) in [6.45, 7) is 3.58. The van der Waals surface area contributed by atoms with Gasteiger partial charge >= 0.3 is 0 Å². The lowest BCUT2D eigenvalue weighted by molar-refractivity contribution is -0.119. The summed E-state index contributed by atoms with van der Waals surface area (Å²) in [5, 5.41) is 0. The van der Waals surface area contributed by atoms with Crippen LogP contribution in [0.25, 0.3) is 0 Å². The van der Waals surface area contributed by atoms with Crippen LogP contribution in [-0.2, 0) is 21.2 Å². The average Bonchev–Trinajstić information content (AvgIpc) is 3.06.